The topological polar surface area (TPSA) is 92.9 Å². The van der Waals surface area contributed by atoms with Crippen LogP contribution in [0.25, 0.3) is 0 Å². The van der Waals surface area contributed by atoms with E-state index in [4.69, 9.17) is 5.84 Å². The summed E-state index contributed by atoms with van der Waals surface area (Å²) in [7, 11) is 0. The molecule has 2 heterocycles. The van der Waals surface area contributed by atoms with Crippen molar-refractivity contribution in [3.8, 4) is 0 Å². The molecule has 0 aliphatic carbocycles. The molecule has 0 saturated heterocycles. The van der Waals surface area contributed by atoms with Crippen LogP contribution in [0.15, 0.2) is 17.6 Å². The number of aryl methyl sites for hydroxylation is 2. The SMILES string of the molecule is Cc1cc(NN)c(C(=O)NCCc2nc(C)cs2)cn1. The van der Waals surface area contributed by atoms with Gasteiger partial charge in [-0.2, -0.15) is 0 Å². The highest BCUT2D eigenvalue weighted by Crippen LogP contribution is 2.14. The Hall–Kier alpha value is -1.99. The van der Waals surface area contributed by atoms with Crippen LogP contribution in [0.5, 0.6) is 0 Å². The maximum absolute atomic E-state index is 12.1. The molecule has 0 aliphatic heterocycles. The molecule has 0 saturated carbocycles. The van der Waals surface area contributed by atoms with Gasteiger partial charge in [-0.3, -0.25) is 15.6 Å². The highest BCUT2D eigenvalue weighted by atomic mass is 32.1. The summed E-state index contributed by atoms with van der Waals surface area (Å²) in [5.74, 6) is 5.22. The van der Waals surface area contributed by atoms with Crippen LogP contribution in [0.1, 0.15) is 26.8 Å². The molecule has 0 atom stereocenters. The smallest absolute Gasteiger partial charge is 0.255 e. The number of amides is 1. The van der Waals surface area contributed by atoms with Gasteiger partial charge in [-0.1, -0.05) is 0 Å². The average molecular weight is 291 g/mol. The van der Waals surface area contributed by atoms with Crippen LogP contribution in [0.3, 0.4) is 0 Å². The highest BCUT2D eigenvalue weighted by molar-refractivity contribution is 7.09. The third-order valence-corrected chi connectivity index (χ3v) is 3.76. The van der Waals surface area contributed by atoms with Gasteiger partial charge in [-0.05, 0) is 19.9 Å². The van der Waals surface area contributed by atoms with Crippen molar-refractivity contribution in [2.24, 2.45) is 5.84 Å². The van der Waals surface area contributed by atoms with Crippen molar-refractivity contribution in [2.45, 2.75) is 20.3 Å². The summed E-state index contributed by atoms with van der Waals surface area (Å²) >= 11 is 1.60. The van der Waals surface area contributed by atoms with Crippen molar-refractivity contribution >= 4 is 22.9 Å². The van der Waals surface area contributed by atoms with Gasteiger partial charge in [0.05, 0.1) is 16.3 Å². The van der Waals surface area contributed by atoms with Gasteiger partial charge in [-0.15, -0.1) is 11.3 Å². The number of carbonyl (C=O) groups excluding carboxylic acids is 1. The Kier molecular flexibility index (Phi) is 4.65. The molecule has 2 aromatic heterocycles. The van der Waals surface area contributed by atoms with Crippen LogP contribution in [-0.2, 0) is 6.42 Å². The minimum atomic E-state index is -0.196. The second-order valence-corrected chi connectivity index (χ2v) is 5.35. The first-order valence-corrected chi connectivity index (χ1v) is 7.10. The Bertz CT molecular complexity index is 611. The molecule has 20 heavy (non-hydrogen) atoms. The van der Waals surface area contributed by atoms with Gasteiger partial charge in [0.25, 0.3) is 5.91 Å². The Morgan fingerprint density at radius 3 is 2.85 bits per heavy atom. The molecule has 0 aliphatic rings. The normalized spacial score (nSPS) is 10.3. The molecule has 106 valence electrons. The molecule has 1 amide bonds. The van der Waals surface area contributed by atoms with Crippen molar-refractivity contribution in [1.29, 1.82) is 0 Å². The number of carbonyl (C=O) groups is 1. The van der Waals surface area contributed by atoms with Crippen LogP contribution in [0.4, 0.5) is 5.69 Å². The van der Waals surface area contributed by atoms with E-state index < -0.39 is 0 Å². The number of nitrogen functional groups attached to an aromatic ring is 1. The van der Waals surface area contributed by atoms with Crippen LogP contribution < -0.4 is 16.6 Å². The lowest BCUT2D eigenvalue weighted by Gasteiger charge is -2.09. The third kappa shape index (κ3) is 3.52. The van der Waals surface area contributed by atoms with Crippen molar-refractivity contribution < 1.29 is 4.79 Å². The van der Waals surface area contributed by atoms with Gasteiger partial charge in [0.2, 0.25) is 0 Å². The first-order chi connectivity index (χ1) is 9.60. The Morgan fingerprint density at radius 2 is 2.20 bits per heavy atom. The maximum atomic E-state index is 12.1. The third-order valence-electron chi connectivity index (χ3n) is 2.73. The maximum Gasteiger partial charge on any atom is 0.255 e. The van der Waals surface area contributed by atoms with Gasteiger partial charge in [0, 0.05) is 35.9 Å². The molecule has 0 radical (unpaired) electrons. The molecule has 4 N–H and O–H groups in total. The zero-order valence-corrected chi connectivity index (χ0v) is 12.3. The number of nitrogens with one attached hydrogen (secondary N) is 2. The summed E-state index contributed by atoms with van der Waals surface area (Å²) < 4.78 is 0. The predicted molar refractivity (Wildman–Crippen MR) is 79.7 cm³/mol. The number of aromatic nitrogens is 2. The predicted octanol–water partition coefficient (Wildman–Crippen LogP) is 1.41. The first kappa shape index (κ1) is 14.4. The molecule has 0 bridgehead atoms. The van der Waals surface area contributed by atoms with E-state index in [1.807, 2.05) is 19.2 Å². The van der Waals surface area contributed by atoms with E-state index in [2.05, 4.69) is 20.7 Å². The molecule has 0 spiro atoms. The molecule has 2 aromatic rings. The lowest BCUT2D eigenvalue weighted by molar-refractivity contribution is 0.0954. The van der Waals surface area contributed by atoms with E-state index >= 15 is 0 Å². The number of rotatable bonds is 5. The van der Waals surface area contributed by atoms with E-state index in [1.165, 1.54) is 6.20 Å². The van der Waals surface area contributed by atoms with Gasteiger partial charge in [0.1, 0.15) is 0 Å². The largest absolute Gasteiger partial charge is 0.351 e. The molecular formula is C13H17N5OS. The lowest BCUT2D eigenvalue weighted by Crippen LogP contribution is -2.27. The number of nitrogens with zero attached hydrogens (tertiary/aromatic N) is 2. The van der Waals surface area contributed by atoms with Crippen molar-refractivity contribution in [3.63, 3.8) is 0 Å². The fourth-order valence-corrected chi connectivity index (χ4v) is 2.53. The highest BCUT2D eigenvalue weighted by Gasteiger charge is 2.11. The average Bonchev–Trinajstić information content (AvgIpc) is 2.84. The number of hydrogen-bond donors (Lipinski definition) is 3. The van der Waals surface area contributed by atoms with Crippen LogP contribution in [0.2, 0.25) is 0 Å². The summed E-state index contributed by atoms with van der Waals surface area (Å²) in [4.78, 5) is 20.5. The fourth-order valence-electron chi connectivity index (χ4n) is 1.76. The molecule has 0 unspecified atom stereocenters. The van der Waals surface area contributed by atoms with Gasteiger partial charge >= 0.3 is 0 Å². The summed E-state index contributed by atoms with van der Waals surface area (Å²) in [5, 5.41) is 5.86. The second-order valence-electron chi connectivity index (χ2n) is 4.40. The monoisotopic (exact) mass is 291 g/mol. The van der Waals surface area contributed by atoms with E-state index in [1.54, 1.807) is 17.4 Å². The molecule has 0 aromatic carbocycles. The molecule has 0 fully saturated rings. The van der Waals surface area contributed by atoms with Crippen molar-refractivity contribution in [1.82, 2.24) is 15.3 Å². The Balaban J connectivity index is 1.95. The number of pyridine rings is 1. The van der Waals surface area contributed by atoms with Gasteiger partial charge in [0.15, 0.2) is 0 Å². The van der Waals surface area contributed by atoms with Crippen LogP contribution in [-0.4, -0.2) is 22.4 Å². The van der Waals surface area contributed by atoms with Crippen molar-refractivity contribution in [2.75, 3.05) is 12.0 Å². The molecule has 2 rings (SSSR count). The number of anilines is 1. The standard InChI is InChI=1S/C13H17N5OS/c1-8-5-11(18-14)10(6-16-8)13(19)15-4-3-12-17-9(2)7-20-12/h5-7H,3-4,14H2,1-2H3,(H,15,19)(H,16,18). The fraction of sp³-hybridized carbons (Fsp3) is 0.308. The van der Waals surface area contributed by atoms with Crippen LogP contribution >= 0.6 is 11.3 Å². The number of hydrogen-bond acceptors (Lipinski definition) is 6. The van der Waals surface area contributed by atoms with Gasteiger partial charge in [-0.25, -0.2) is 4.98 Å². The Morgan fingerprint density at radius 1 is 1.40 bits per heavy atom. The summed E-state index contributed by atoms with van der Waals surface area (Å²) in [5.41, 5.74) is 5.33. The summed E-state index contributed by atoms with van der Waals surface area (Å²) in [6.45, 7) is 4.33. The van der Waals surface area contributed by atoms with E-state index in [-0.39, 0.29) is 5.91 Å². The number of nitrogens with two attached hydrogens (primary N) is 1. The first-order valence-electron chi connectivity index (χ1n) is 6.22. The minimum absolute atomic E-state index is 0.196. The summed E-state index contributed by atoms with van der Waals surface area (Å²) in [6.07, 6.45) is 2.24. The van der Waals surface area contributed by atoms with E-state index in [9.17, 15) is 4.79 Å². The second kappa shape index (κ2) is 6.44. The van der Waals surface area contributed by atoms with Crippen LogP contribution in [0, 0.1) is 13.8 Å². The van der Waals surface area contributed by atoms with Gasteiger partial charge < -0.3 is 10.7 Å². The van der Waals surface area contributed by atoms with E-state index in [0.29, 0.717) is 17.8 Å². The number of thiazole rings is 1. The van der Waals surface area contributed by atoms with E-state index in [0.717, 1.165) is 22.8 Å². The molecule has 7 heteroatoms. The molecular weight excluding hydrogens is 274 g/mol. The quantitative estimate of drug-likeness (QED) is 0.572. The zero-order chi connectivity index (χ0) is 14.5. The lowest BCUT2D eigenvalue weighted by atomic mass is 10.2. The molecule has 6 nitrogen and oxygen atoms in total. The zero-order valence-electron chi connectivity index (χ0n) is 11.4. The summed E-state index contributed by atoms with van der Waals surface area (Å²) in [6, 6.07) is 1.74. The minimum Gasteiger partial charge on any atom is -0.351 e. The van der Waals surface area contributed by atoms with Crippen molar-refractivity contribution in [3.05, 3.63) is 39.6 Å². The Labute approximate surface area is 121 Å². The number of hydrazine groups is 1.